The summed E-state index contributed by atoms with van der Waals surface area (Å²) in [7, 11) is 1.84. The molecule has 1 aromatic rings. The number of hydrogen-bond acceptors (Lipinski definition) is 4. The summed E-state index contributed by atoms with van der Waals surface area (Å²) in [6.45, 7) is 1.25. The SMILES string of the molecule is CN(CCc1cccs1)C(=O)[C@@H]1CC[C@H](CN)O1. The van der Waals surface area contributed by atoms with E-state index in [1.54, 1.807) is 16.2 Å². The molecule has 4 nitrogen and oxygen atoms in total. The van der Waals surface area contributed by atoms with E-state index in [0.717, 1.165) is 25.8 Å². The third kappa shape index (κ3) is 3.31. The first-order chi connectivity index (χ1) is 8.70. The van der Waals surface area contributed by atoms with Gasteiger partial charge in [-0.3, -0.25) is 4.79 Å². The van der Waals surface area contributed by atoms with Crippen LogP contribution in [0, 0.1) is 0 Å². The van der Waals surface area contributed by atoms with E-state index in [-0.39, 0.29) is 18.1 Å². The zero-order valence-corrected chi connectivity index (χ0v) is 11.5. The van der Waals surface area contributed by atoms with Crippen LogP contribution in [0.3, 0.4) is 0 Å². The minimum Gasteiger partial charge on any atom is -0.364 e. The van der Waals surface area contributed by atoms with Gasteiger partial charge in [0.15, 0.2) is 0 Å². The van der Waals surface area contributed by atoms with Crippen molar-refractivity contribution in [2.45, 2.75) is 31.5 Å². The molecule has 0 aromatic carbocycles. The lowest BCUT2D eigenvalue weighted by atomic mass is 10.2. The predicted octanol–water partition coefficient (Wildman–Crippen LogP) is 1.26. The summed E-state index contributed by atoms with van der Waals surface area (Å²) in [6.07, 6.45) is 2.37. The van der Waals surface area contributed by atoms with Crippen molar-refractivity contribution < 1.29 is 9.53 Å². The molecular formula is C13H20N2O2S. The number of nitrogens with zero attached hydrogens (tertiary/aromatic N) is 1. The minimum absolute atomic E-state index is 0.0599. The van der Waals surface area contributed by atoms with Crippen molar-refractivity contribution >= 4 is 17.2 Å². The fourth-order valence-corrected chi connectivity index (χ4v) is 2.85. The largest absolute Gasteiger partial charge is 0.364 e. The standard InChI is InChI=1S/C13H20N2O2S/c1-15(7-6-11-3-2-8-18-11)13(16)12-5-4-10(9-14)17-12/h2-3,8,10,12H,4-7,9,14H2,1H3/t10-,12+/m1/s1. The van der Waals surface area contributed by atoms with E-state index in [0.29, 0.717) is 6.54 Å². The molecule has 2 atom stereocenters. The predicted molar refractivity (Wildman–Crippen MR) is 72.6 cm³/mol. The molecule has 1 fully saturated rings. The fourth-order valence-electron chi connectivity index (χ4n) is 2.15. The van der Waals surface area contributed by atoms with Gasteiger partial charge < -0.3 is 15.4 Å². The van der Waals surface area contributed by atoms with Gasteiger partial charge in [0.05, 0.1) is 6.10 Å². The number of likely N-dealkylation sites (N-methyl/N-ethyl adjacent to an activating group) is 1. The summed E-state index contributed by atoms with van der Waals surface area (Å²) < 4.78 is 5.62. The quantitative estimate of drug-likeness (QED) is 0.874. The smallest absolute Gasteiger partial charge is 0.251 e. The van der Waals surface area contributed by atoms with Crippen molar-refractivity contribution in [3.05, 3.63) is 22.4 Å². The van der Waals surface area contributed by atoms with Crippen LogP contribution in [0.5, 0.6) is 0 Å². The van der Waals surface area contributed by atoms with Gasteiger partial charge in [-0.25, -0.2) is 0 Å². The molecule has 18 heavy (non-hydrogen) atoms. The number of rotatable bonds is 5. The summed E-state index contributed by atoms with van der Waals surface area (Å²) in [5.41, 5.74) is 5.55. The number of ether oxygens (including phenoxy) is 1. The van der Waals surface area contributed by atoms with Gasteiger partial charge in [-0.2, -0.15) is 0 Å². The summed E-state index contributed by atoms with van der Waals surface area (Å²) in [6, 6.07) is 4.13. The third-order valence-corrected chi connectivity index (χ3v) is 4.23. The molecule has 100 valence electrons. The zero-order valence-electron chi connectivity index (χ0n) is 10.7. The highest BCUT2D eigenvalue weighted by molar-refractivity contribution is 7.09. The summed E-state index contributed by atoms with van der Waals surface area (Å²) in [5, 5.41) is 2.06. The fraction of sp³-hybridized carbons (Fsp3) is 0.615. The van der Waals surface area contributed by atoms with E-state index in [4.69, 9.17) is 10.5 Å². The van der Waals surface area contributed by atoms with Crippen LogP contribution in [0.25, 0.3) is 0 Å². The van der Waals surface area contributed by atoms with Crippen molar-refractivity contribution in [2.24, 2.45) is 5.73 Å². The second kappa shape index (κ2) is 6.31. The molecule has 1 aliphatic rings. The highest BCUT2D eigenvalue weighted by atomic mass is 32.1. The molecule has 1 aromatic heterocycles. The van der Waals surface area contributed by atoms with E-state index >= 15 is 0 Å². The lowest BCUT2D eigenvalue weighted by molar-refractivity contribution is -0.141. The average Bonchev–Trinajstić information content (AvgIpc) is 3.05. The maximum Gasteiger partial charge on any atom is 0.251 e. The number of hydrogen-bond donors (Lipinski definition) is 1. The van der Waals surface area contributed by atoms with Crippen molar-refractivity contribution in [3.63, 3.8) is 0 Å². The molecule has 2 N–H and O–H groups in total. The number of carbonyl (C=O) groups excluding carboxylic acids is 1. The van der Waals surface area contributed by atoms with E-state index in [1.165, 1.54) is 4.88 Å². The van der Waals surface area contributed by atoms with Crippen molar-refractivity contribution in [3.8, 4) is 0 Å². The summed E-state index contributed by atoms with van der Waals surface area (Å²) >= 11 is 1.73. The highest BCUT2D eigenvalue weighted by Crippen LogP contribution is 2.20. The molecule has 0 aliphatic carbocycles. The lowest BCUT2D eigenvalue weighted by Gasteiger charge is -2.21. The molecule has 0 spiro atoms. The monoisotopic (exact) mass is 268 g/mol. The van der Waals surface area contributed by atoms with Gasteiger partial charge in [0, 0.05) is 25.0 Å². The van der Waals surface area contributed by atoms with Gasteiger partial charge in [-0.05, 0) is 30.7 Å². The van der Waals surface area contributed by atoms with Crippen LogP contribution in [0.15, 0.2) is 17.5 Å². The summed E-state index contributed by atoms with van der Waals surface area (Å²) in [4.78, 5) is 15.2. The Bertz CT molecular complexity index is 380. The Morgan fingerprint density at radius 1 is 1.61 bits per heavy atom. The first kappa shape index (κ1) is 13.5. The minimum atomic E-state index is -0.285. The first-order valence-electron chi connectivity index (χ1n) is 6.33. The van der Waals surface area contributed by atoms with Crippen LogP contribution in [0.1, 0.15) is 17.7 Å². The molecular weight excluding hydrogens is 248 g/mol. The van der Waals surface area contributed by atoms with Crippen LogP contribution in [-0.2, 0) is 16.0 Å². The Hall–Kier alpha value is -0.910. The molecule has 0 radical (unpaired) electrons. The second-order valence-corrected chi connectivity index (χ2v) is 5.68. The molecule has 2 rings (SSSR count). The van der Waals surface area contributed by atoms with Gasteiger partial charge >= 0.3 is 0 Å². The van der Waals surface area contributed by atoms with E-state index in [2.05, 4.69) is 11.4 Å². The van der Waals surface area contributed by atoms with Crippen LogP contribution in [0.4, 0.5) is 0 Å². The normalized spacial score (nSPS) is 23.2. The third-order valence-electron chi connectivity index (χ3n) is 3.30. The first-order valence-corrected chi connectivity index (χ1v) is 7.21. The summed E-state index contributed by atoms with van der Waals surface area (Å²) in [5.74, 6) is 0.0857. The topological polar surface area (TPSA) is 55.6 Å². The maximum atomic E-state index is 12.1. The van der Waals surface area contributed by atoms with E-state index in [1.807, 2.05) is 13.1 Å². The van der Waals surface area contributed by atoms with Gasteiger partial charge in [-0.1, -0.05) is 6.07 Å². The van der Waals surface area contributed by atoms with Crippen molar-refractivity contribution in [1.82, 2.24) is 4.90 Å². The molecule has 0 unspecified atom stereocenters. The Kier molecular flexibility index (Phi) is 4.74. The number of thiophene rings is 1. The van der Waals surface area contributed by atoms with Gasteiger partial charge in [0.1, 0.15) is 6.10 Å². The lowest BCUT2D eigenvalue weighted by Crippen LogP contribution is -2.38. The highest BCUT2D eigenvalue weighted by Gasteiger charge is 2.31. The molecule has 1 aliphatic heterocycles. The Balaban J connectivity index is 1.78. The molecule has 1 amide bonds. The van der Waals surface area contributed by atoms with Crippen LogP contribution in [0.2, 0.25) is 0 Å². The maximum absolute atomic E-state index is 12.1. The zero-order chi connectivity index (χ0) is 13.0. The number of carbonyl (C=O) groups is 1. The Morgan fingerprint density at radius 2 is 2.44 bits per heavy atom. The average molecular weight is 268 g/mol. The van der Waals surface area contributed by atoms with Gasteiger partial charge in [-0.15, -0.1) is 11.3 Å². The van der Waals surface area contributed by atoms with Crippen LogP contribution >= 0.6 is 11.3 Å². The molecule has 0 bridgehead atoms. The van der Waals surface area contributed by atoms with Crippen molar-refractivity contribution in [2.75, 3.05) is 20.1 Å². The van der Waals surface area contributed by atoms with Gasteiger partial charge in [0.2, 0.25) is 0 Å². The molecule has 5 heteroatoms. The Labute approximate surface area is 112 Å². The van der Waals surface area contributed by atoms with E-state index < -0.39 is 0 Å². The number of nitrogens with two attached hydrogens (primary N) is 1. The van der Waals surface area contributed by atoms with Crippen LogP contribution < -0.4 is 5.73 Å². The molecule has 2 heterocycles. The number of amides is 1. The van der Waals surface area contributed by atoms with Gasteiger partial charge in [0.25, 0.3) is 5.91 Å². The van der Waals surface area contributed by atoms with Crippen molar-refractivity contribution in [1.29, 1.82) is 0 Å². The molecule has 0 saturated carbocycles. The Morgan fingerprint density at radius 3 is 3.06 bits per heavy atom. The van der Waals surface area contributed by atoms with Crippen LogP contribution in [-0.4, -0.2) is 43.2 Å². The second-order valence-electron chi connectivity index (χ2n) is 4.65. The van der Waals surface area contributed by atoms with E-state index in [9.17, 15) is 4.79 Å². The molecule has 1 saturated heterocycles.